The molecule has 2 aromatic rings. The molecule has 1 heterocycles. The van der Waals surface area contributed by atoms with E-state index in [-0.39, 0.29) is 6.04 Å². The van der Waals surface area contributed by atoms with Crippen molar-refractivity contribution in [3.8, 4) is 11.5 Å². The molecule has 110 valence electrons. The molecule has 1 aliphatic heterocycles. The summed E-state index contributed by atoms with van der Waals surface area (Å²) in [5.74, 6) is 1.90. The summed E-state index contributed by atoms with van der Waals surface area (Å²) in [7, 11) is 1.70. The first kappa shape index (κ1) is 13.8. The lowest BCUT2D eigenvalue weighted by Gasteiger charge is -2.19. The predicted molar refractivity (Wildman–Crippen MR) is 85.4 cm³/mol. The molecule has 0 radical (unpaired) electrons. The van der Waals surface area contributed by atoms with Crippen LogP contribution in [0, 0.1) is 6.92 Å². The summed E-state index contributed by atoms with van der Waals surface area (Å²) in [4.78, 5) is 0. The highest BCUT2D eigenvalue weighted by Gasteiger charge is 2.15. The molecule has 0 fully saturated rings. The lowest BCUT2D eigenvalue weighted by Crippen LogP contribution is -2.08. The van der Waals surface area contributed by atoms with Gasteiger partial charge in [0.15, 0.2) is 0 Å². The standard InChI is InChI=1S/C18H21NO2/c1-12-4-6-18(20-3)16(10-12)19-13(2)14-5-7-17-15(11-14)8-9-21-17/h4-7,10-11,13,19H,8-9H2,1-3H3. The molecule has 0 bridgehead atoms. The second kappa shape index (κ2) is 5.68. The van der Waals surface area contributed by atoms with Crippen molar-refractivity contribution in [2.24, 2.45) is 0 Å². The van der Waals surface area contributed by atoms with Gasteiger partial charge in [0.05, 0.1) is 19.4 Å². The summed E-state index contributed by atoms with van der Waals surface area (Å²) in [5, 5.41) is 3.54. The number of hydrogen-bond acceptors (Lipinski definition) is 3. The number of ether oxygens (including phenoxy) is 2. The number of nitrogens with one attached hydrogen (secondary N) is 1. The minimum Gasteiger partial charge on any atom is -0.495 e. The molecule has 3 heteroatoms. The van der Waals surface area contributed by atoms with Gasteiger partial charge in [-0.2, -0.15) is 0 Å². The van der Waals surface area contributed by atoms with E-state index in [2.05, 4.69) is 49.5 Å². The molecule has 1 aliphatic rings. The van der Waals surface area contributed by atoms with Gasteiger partial charge in [-0.3, -0.25) is 0 Å². The molecule has 0 aliphatic carbocycles. The summed E-state index contributed by atoms with van der Waals surface area (Å²) in [6.45, 7) is 5.05. The maximum Gasteiger partial charge on any atom is 0.141 e. The van der Waals surface area contributed by atoms with E-state index in [0.717, 1.165) is 30.2 Å². The third-order valence-corrected chi connectivity index (χ3v) is 3.94. The molecule has 3 nitrogen and oxygen atoms in total. The molecule has 2 aromatic carbocycles. The molecule has 0 spiro atoms. The van der Waals surface area contributed by atoms with E-state index in [1.807, 2.05) is 6.07 Å². The summed E-state index contributed by atoms with van der Waals surface area (Å²) in [6.07, 6.45) is 1.00. The molecule has 3 rings (SSSR count). The maximum absolute atomic E-state index is 5.56. The van der Waals surface area contributed by atoms with Crippen LogP contribution in [0.2, 0.25) is 0 Å². The molecular weight excluding hydrogens is 262 g/mol. The van der Waals surface area contributed by atoms with Crippen molar-refractivity contribution in [1.82, 2.24) is 0 Å². The number of hydrogen-bond donors (Lipinski definition) is 1. The first-order valence-electron chi connectivity index (χ1n) is 7.34. The summed E-state index contributed by atoms with van der Waals surface area (Å²) in [5.41, 5.74) is 4.81. The number of aryl methyl sites for hydroxylation is 1. The minimum absolute atomic E-state index is 0.214. The lowest BCUT2D eigenvalue weighted by molar-refractivity contribution is 0.357. The van der Waals surface area contributed by atoms with Gasteiger partial charge >= 0.3 is 0 Å². The average molecular weight is 283 g/mol. The lowest BCUT2D eigenvalue weighted by atomic mass is 10.0. The summed E-state index contributed by atoms with van der Waals surface area (Å²) < 4.78 is 11.0. The van der Waals surface area contributed by atoms with E-state index in [1.165, 1.54) is 16.7 Å². The number of anilines is 1. The zero-order chi connectivity index (χ0) is 14.8. The molecular formula is C18H21NO2. The minimum atomic E-state index is 0.214. The molecule has 0 saturated carbocycles. The largest absolute Gasteiger partial charge is 0.495 e. The smallest absolute Gasteiger partial charge is 0.141 e. The highest BCUT2D eigenvalue weighted by molar-refractivity contribution is 5.59. The zero-order valence-electron chi connectivity index (χ0n) is 12.8. The van der Waals surface area contributed by atoms with Crippen molar-refractivity contribution < 1.29 is 9.47 Å². The van der Waals surface area contributed by atoms with E-state index in [0.29, 0.717) is 0 Å². The normalized spacial score (nSPS) is 14.2. The van der Waals surface area contributed by atoms with Crippen LogP contribution in [-0.4, -0.2) is 13.7 Å². The van der Waals surface area contributed by atoms with Crippen LogP contribution in [-0.2, 0) is 6.42 Å². The SMILES string of the molecule is COc1ccc(C)cc1NC(C)c1ccc2c(c1)CCO2. The molecule has 0 amide bonds. The van der Waals surface area contributed by atoms with Crippen molar-refractivity contribution >= 4 is 5.69 Å². The molecule has 1 atom stereocenters. The van der Waals surface area contributed by atoms with E-state index < -0.39 is 0 Å². The Hall–Kier alpha value is -2.16. The predicted octanol–water partition coefficient (Wildman–Crippen LogP) is 4.11. The quantitative estimate of drug-likeness (QED) is 0.916. The molecule has 0 aromatic heterocycles. The number of fused-ring (bicyclic) bond motifs is 1. The molecule has 1 unspecified atom stereocenters. The topological polar surface area (TPSA) is 30.5 Å². The van der Waals surface area contributed by atoms with Crippen molar-refractivity contribution in [2.45, 2.75) is 26.3 Å². The van der Waals surface area contributed by atoms with Crippen LogP contribution in [0.3, 0.4) is 0 Å². The number of rotatable bonds is 4. The summed E-state index contributed by atoms with van der Waals surface area (Å²) >= 11 is 0. The second-order valence-corrected chi connectivity index (χ2v) is 5.54. The third-order valence-electron chi connectivity index (χ3n) is 3.94. The Morgan fingerprint density at radius 2 is 2.05 bits per heavy atom. The van der Waals surface area contributed by atoms with Gasteiger partial charge in [-0.05, 0) is 54.8 Å². The highest BCUT2D eigenvalue weighted by atomic mass is 16.5. The van der Waals surface area contributed by atoms with Crippen LogP contribution >= 0.6 is 0 Å². The fourth-order valence-corrected chi connectivity index (χ4v) is 2.73. The Labute approximate surface area is 125 Å². The Morgan fingerprint density at radius 1 is 1.19 bits per heavy atom. The first-order chi connectivity index (χ1) is 10.2. The number of benzene rings is 2. The van der Waals surface area contributed by atoms with Crippen LogP contribution in [0.1, 0.15) is 29.7 Å². The van der Waals surface area contributed by atoms with Gasteiger partial charge < -0.3 is 14.8 Å². The molecule has 1 N–H and O–H groups in total. The number of methoxy groups -OCH3 is 1. The Kier molecular flexibility index (Phi) is 3.74. The van der Waals surface area contributed by atoms with Crippen LogP contribution < -0.4 is 14.8 Å². The zero-order valence-corrected chi connectivity index (χ0v) is 12.8. The molecule has 0 saturated heterocycles. The van der Waals surface area contributed by atoms with Gasteiger partial charge in [-0.15, -0.1) is 0 Å². The van der Waals surface area contributed by atoms with Gasteiger partial charge in [0.25, 0.3) is 0 Å². The van der Waals surface area contributed by atoms with Gasteiger partial charge in [-0.1, -0.05) is 12.1 Å². The van der Waals surface area contributed by atoms with Crippen molar-refractivity contribution in [3.05, 3.63) is 53.1 Å². The van der Waals surface area contributed by atoms with E-state index >= 15 is 0 Å². The van der Waals surface area contributed by atoms with E-state index in [4.69, 9.17) is 9.47 Å². The fourth-order valence-electron chi connectivity index (χ4n) is 2.73. The maximum atomic E-state index is 5.56. The van der Waals surface area contributed by atoms with Crippen LogP contribution in [0.4, 0.5) is 5.69 Å². The van der Waals surface area contributed by atoms with E-state index in [9.17, 15) is 0 Å². The van der Waals surface area contributed by atoms with Gasteiger partial charge in [0.1, 0.15) is 11.5 Å². The third kappa shape index (κ3) is 2.82. The molecule has 21 heavy (non-hydrogen) atoms. The van der Waals surface area contributed by atoms with Crippen LogP contribution in [0.25, 0.3) is 0 Å². The fraction of sp³-hybridized carbons (Fsp3) is 0.333. The summed E-state index contributed by atoms with van der Waals surface area (Å²) in [6, 6.07) is 12.8. The van der Waals surface area contributed by atoms with Gasteiger partial charge in [0, 0.05) is 12.5 Å². The monoisotopic (exact) mass is 283 g/mol. The van der Waals surface area contributed by atoms with Crippen LogP contribution in [0.5, 0.6) is 11.5 Å². The van der Waals surface area contributed by atoms with Crippen molar-refractivity contribution in [1.29, 1.82) is 0 Å². The van der Waals surface area contributed by atoms with Gasteiger partial charge in [-0.25, -0.2) is 0 Å². The van der Waals surface area contributed by atoms with Crippen molar-refractivity contribution in [3.63, 3.8) is 0 Å². The Morgan fingerprint density at radius 3 is 2.86 bits per heavy atom. The van der Waals surface area contributed by atoms with Crippen LogP contribution in [0.15, 0.2) is 36.4 Å². The highest BCUT2D eigenvalue weighted by Crippen LogP contribution is 2.32. The van der Waals surface area contributed by atoms with Crippen molar-refractivity contribution in [2.75, 3.05) is 19.0 Å². The second-order valence-electron chi connectivity index (χ2n) is 5.54. The Balaban J connectivity index is 1.83. The van der Waals surface area contributed by atoms with E-state index in [1.54, 1.807) is 7.11 Å². The van der Waals surface area contributed by atoms with Gasteiger partial charge in [0.2, 0.25) is 0 Å². The average Bonchev–Trinajstić information content (AvgIpc) is 2.94. The Bertz CT molecular complexity index is 652. The first-order valence-corrected chi connectivity index (χ1v) is 7.34.